The zero-order valence-electron chi connectivity index (χ0n) is 12.4. The average Bonchev–Trinajstić information content (AvgIpc) is 2.34. The minimum atomic E-state index is -0.550. The van der Waals surface area contributed by atoms with Crippen LogP contribution in [0.4, 0.5) is 0 Å². The summed E-state index contributed by atoms with van der Waals surface area (Å²) in [6, 6.07) is 0. The first-order valence-electron chi connectivity index (χ1n) is 6.43. The van der Waals surface area contributed by atoms with Crippen molar-refractivity contribution in [2.45, 2.75) is 52.6 Å². The number of carbonyl (C=O) groups is 2. The maximum absolute atomic E-state index is 11.5. The summed E-state index contributed by atoms with van der Waals surface area (Å²) in [4.78, 5) is 22.7. The molecule has 0 heterocycles. The number of hydrogen-bond acceptors (Lipinski definition) is 4. The van der Waals surface area contributed by atoms with E-state index < -0.39 is 11.6 Å². The molecule has 0 bridgehead atoms. The van der Waals surface area contributed by atoms with Crippen molar-refractivity contribution < 1.29 is 19.1 Å². The molecule has 19 heavy (non-hydrogen) atoms. The van der Waals surface area contributed by atoms with E-state index in [1.807, 2.05) is 13.8 Å². The third-order valence-electron chi connectivity index (χ3n) is 2.87. The first-order valence-corrected chi connectivity index (χ1v) is 6.43. The van der Waals surface area contributed by atoms with Gasteiger partial charge in [0.25, 0.3) is 0 Å². The highest BCUT2D eigenvalue weighted by atomic mass is 16.6. The summed E-state index contributed by atoms with van der Waals surface area (Å²) in [5.41, 5.74) is 0.214. The van der Waals surface area contributed by atoms with Crippen LogP contribution in [0.1, 0.15) is 47.0 Å². The van der Waals surface area contributed by atoms with Crippen LogP contribution in [0.15, 0.2) is 24.3 Å². The van der Waals surface area contributed by atoms with E-state index in [1.54, 1.807) is 13.8 Å². The average molecular weight is 268 g/mol. The molecule has 0 saturated carbocycles. The smallest absolute Gasteiger partial charge is 0.333 e. The van der Waals surface area contributed by atoms with Crippen molar-refractivity contribution in [1.82, 2.24) is 0 Å². The van der Waals surface area contributed by atoms with E-state index in [-0.39, 0.29) is 5.97 Å². The van der Waals surface area contributed by atoms with Crippen LogP contribution in [0.5, 0.6) is 0 Å². The first-order chi connectivity index (χ1) is 8.72. The first kappa shape index (κ1) is 17.4. The Bertz CT molecular complexity index is 370. The lowest BCUT2D eigenvalue weighted by Crippen LogP contribution is -2.31. The van der Waals surface area contributed by atoms with Gasteiger partial charge in [0.2, 0.25) is 0 Å². The van der Waals surface area contributed by atoms with Crippen molar-refractivity contribution in [3.63, 3.8) is 0 Å². The second-order valence-electron chi connectivity index (χ2n) is 4.99. The molecule has 0 amide bonds. The molecule has 0 aliphatic carbocycles. The lowest BCUT2D eigenvalue weighted by atomic mass is 9.97. The zero-order chi connectivity index (χ0) is 15.1. The van der Waals surface area contributed by atoms with Crippen LogP contribution in [0.25, 0.3) is 0 Å². The normalized spacial score (nSPS) is 13.3. The summed E-state index contributed by atoms with van der Waals surface area (Å²) < 4.78 is 10.4. The van der Waals surface area contributed by atoms with E-state index in [4.69, 9.17) is 9.47 Å². The van der Waals surface area contributed by atoms with Gasteiger partial charge in [0.05, 0.1) is 6.61 Å². The van der Waals surface area contributed by atoms with Gasteiger partial charge in [0.15, 0.2) is 0 Å². The number of esters is 2. The molecule has 0 fully saturated rings. The molecule has 0 aliphatic rings. The molecule has 0 saturated heterocycles. The van der Waals surface area contributed by atoms with Gasteiger partial charge in [0.1, 0.15) is 5.60 Å². The molecule has 0 rings (SSSR count). The van der Waals surface area contributed by atoms with Crippen molar-refractivity contribution >= 4 is 11.9 Å². The molecule has 0 aromatic carbocycles. The summed E-state index contributed by atoms with van der Waals surface area (Å²) in [5, 5.41) is 0. The van der Waals surface area contributed by atoms with Gasteiger partial charge >= 0.3 is 11.9 Å². The van der Waals surface area contributed by atoms with E-state index in [0.29, 0.717) is 37.0 Å². The van der Waals surface area contributed by atoms with Gasteiger partial charge in [-0.25, -0.2) is 9.59 Å². The topological polar surface area (TPSA) is 52.6 Å². The van der Waals surface area contributed by atoms with Crippen LogP contribution in [-0.4, -0.2) is 24.1 Å². The van der Waals surface area contributed by atoms with E-state index in [2.05, 4.69) is 13.2 Å². The van der Waals surface area contributed by atoms with Crippen LogP contribution in [-0.2, 0) is 19.1 Å². The Morgan fingerprint density at radius 3 is 2.05 bits per heavy atom. The molecule has 1 atom stereocenters. The largest absolute Gasteiger partial charge is 0.462 e. The molecule has 0 aliphatic heterocycles. The molecule has 4 heteroatoms. The van der Waals surface area contributed by atoms with Crippen LogP contribution in [0.3, 0.4) is 0 Å². The molecule has 0 radical (unpaired) electrons. The van der Waals surface area contributed by atoms with Gasteiger partial charge in [-0.2, -0.15) is 0 Å². The third-order valence-corrected chi connectivity index (χ3v) is 2.87. The van der Waals surface area contributed by atoms with Crippen LogP contribution < -0.4 is 0 Å². The van der Waals surface area contributed by atoms with Gasteiger partial charge in [-0.3, -0.25) is 0 Å². The Hall–Kier alpha value is -1.58. The molecule has 4 nitrogen and oxygen atoms in total. The lowest BCUT2D eigenvalue weighted by molar-refractivity contribution is -0.155. The fraction of sp³-hybridized carbons (Fsp3) is 0.600. The van der Waals surface area contributed by atoms with E-state index in [1.165, 1.54) is 0 Å². The van der Waals surface area contributed by atoms with Crippen LogP contribution >= 0.6 is 0 Å². The second-order valence-corrected chi connectivity index (χ2v) is 4.99. The number of hydrogen-bond donors (Lipinski definition) is 0. The number of rotatable bonds is 8. The monoisotopic (exact) mass is 268 g/mol. The van der Waals surface area contributed by atoms with E-state index >= 15 is 0 Å². The van der Waals surface area contributed by atoms with Gasteiger partial charge in [-0.1, -0.05) is 20.1 Å². The number of carbonyl (C=O) groups excluding carboxylic acids is 2. The standard InChI is InChI=1S/C15H24O4/c1-7-15(6,19-14(17)12(4)5)9-8-10-18-13(16)11(2)3/h2,4,7-10H2,1,3,5-6H3. The molecule has 0 N–H and O–H groups in total. The summed E-state index contributed by atoms with van der Waals surface area (Å²) in [6.45, 7) is 14.4. The summed E-state index contributed by atoms with van der Waals surface area (Å²) in [6.07, 6.45) is 1.96. The molecule has 1 unspecified atom stereocenters. The summed E-state index contributed by atoms with van der Waals surface area (Å²) in [7, 11) is 0. The van der Waals surface area contributed by atoms with Crippen molar-refractivity contribution in [2.24, 2.45) is 0 Å². The van der Waals surface area contributed by atoms with Crippen LogP contribution in [0.2, 0.25) is 0 Å². The van der Waals surface area contributed by atoms with Gasteiger partial charge in [-0.15, -0.1) is 0 Å². The lowest BCUT2D eigenvalue weighted by Gasteiger charge is -2.28. The van der Waals surface area contributed by atoms with Crippen molar-refractivity contribution in [3.8, 4) is 0 Å². The number of ether oxygens (including phenoxy) is 2. The highest BCUT2D eigenvalue weighted by Gasteiger charge is 2.26. The fourth-order valence-corrected chi connectivity index (χ4v) is 1.35. The minimum Gasteiger partial charge on any atom is -0.462 e. The predicted octanol–water partition coefficient (Wildman–Crippen LogP) is 3.17. The Kier molecular flexibility index (Phi) is 7.12. The third kappa shape index (κ3) is 6.79. The Balaban J connectivity index is 4.18. The Labute approximate surface area is 115 Å². The zero-order valence-corrected chi connectivity index (χ0v) is 12.4. The predicted molar refractivity (Wildman–Crippen MR) is 74.6 cm³/mol. The molecular formula is C15H24O4. The van der Waals surface area contributed by atoms with Crippen molar-refractivity contribution in [1.29, 1.82) is 0 Å². The molecule has 0 aromatic heterocycles. The van der Waals surface area contributed by atoms with Crippen LogP contribution in [0, 0.1) is 0 Å². The molecule has 108 valence electrons. The summed E-state index contributed by atoms with van der Waals surface area (Å²) in [5.74, 6) is -0.777. The molecule has 0 spiro atoms. The molecule has 0 aromatic rings. The van der Waals surface area contributed by atoms with Gasteiger partial charge < -0.3 is 9.47 Å². The maximum Gasteiger partial charge on any atom is 0.333 e. The maximum atomic E-state index is 11.5. The van der Waals surface area contributed by atoms with Gasteiger partial charge in [-0.05, 0) is 40.0 Å². The second kappa shape index (κ2) is 7.77. The minimum absolute atomic E-state index is 0.298. The quantitative estimate of drug-likeness (QED) is 0.385. The highest BCUT2D eigenvalue weighted by Crippen LogP contribution is 2.23. The highest BCUT2D eigenvalue weighted by molar-refractivity contribution is 5.87. The van der Waals surface area contributed by atoms with E-state index in [0.717, 1.165) is 0 Å². The molecular weight excluding hydrogens is 244 g/mol. The fourth-order valence-electron chi connectivity index (χ4n) is 1.35. The van der Waals surface area contributed by atoms with Gasteiger partial charge in [0, 0.05) is 11.1 Å². The summed E-state index contributed by atoms with van der Waals surface area (Å²) >= 11 is 0. The Morgan fingerprint density at radius 1 is 1.11 bits per heavy atom. The Morgan fingerprint density at radius 2 is 1.63 bits per heavy atom. The SMILES string of the molecule is C=C(C)C(=O)OCCCC(C)(CC)OC(=O)C(=C)C. The van der Waals surface area contributed by atoms with Crippen molar-refractivity contribution in [3.05, 3.63) is 24.3 Å². The van der Waals surface area contributed by atoms with E-state index in [9.17, 15) is 9.59 Å². The van der Waals surface area contributed by atoms with Crippen molar-refractivity contribution in [2.75, 3.05) is 6.61 Å².